The van der Waals surface area contributed by atoms with Crippen LogP contribution in [0.25, 0.3) is 0 Å². The number of rotatable bonds is 13. The smallest absolute Gasteiger partial charge is 0.198 e. The lowest BCUT2D eigenvalue weighted by Crippen LogP contribution is -1.75. The van der Waals surface area contributed by atoms with Gasteiger partial charge in [-0.2, -0.15) is 0 Å². The fourth-order valence-electron chi connectivity index (χ4n) is 1.75. The summed E-state index contributed by atoms with van der Waals surface area (Å²) in [5.41, 5.74) is 0. The monoisotopic (exact) mass is 261 g/mol. The van der Waals surface area contributed by atoms with Crippen molar-refractivity contribution in [3.63, 3.8) is 0 Å². The molecule has 0 rings (SSSR count). The summed E-state index contributed by atoms with van der Waals surface area (Å²) in [6, 6.07) is 0. The van der Waals surface area contributed by atoms with E-state index in [1.807, 2.05) is 6.29 Å². The molecule has 19 heavy (non-hydrogen) atoms. The Morgan fingerprint density at radius 2 is 1.26 bits per heavy atom. The van der Waals surface area contributed by atoms with Gasteiger partial charge in [-0.3, -0.25) is 4.79 Å². The normalized spacial score (nSPS) is 12.1. The summed E-state index contributed by atoms with van der Waals surface area (Å²) in [6.07, 6.45) is 26.3. The zero-order valence-corrected chi connectivity index (χ0v) is 12.4. The van der Waals surface area contributed by atoms with Crippen LogP contribution in [0.5, 0.6) is 0 Å². The Balaban J connectivity index is 3.28. The van der Waals surface area contributed by atoms with Gasteiger partial charge in [-0.1, -0.05) is 56.2 Å². The highest BCUT2D eigenvalue weighted by Crippen LogP contribution is 2.01. The summed E-state index contributed by atoms with van der Waals surface area (Å²) in [7, 11) is 0. The highest BCUT2D eigenvalue weighted by Gasteiger charge is 1.84. The van der Waals surface area contributed by atoms with Crippen molar-refractivity contribution in [3.05, 3.63) is 36.5 Å². The molecule has 0 aromatic heterocycles. The minimum absolute atomic E-state index is 0.582. The quantitative estimate of drug-likeness (QED) is 0.307. The molecular weight excluding hydrogens is 232 g/mol. The van der Waals surface area contributed by atoms with E-state index in [0.29, 0.717) is 6.42 Å². The molecular formula is C18H29O. The van der Waals surface area contributed by atoms with E-state index in [0.717, 1.165) is 32.1 Å². The van der Waals surface area contributed by atoms with Crippen molar-refractivity contribution in [3.8, 4) is 0 Å². The molecule has 0 aliphatic heterocycles. The molecule has 0 N–H and O–H groups in total. The van der Waals surface area contributed by atoms with Gasteiger partial charge in [0.15, 0.2) is 6.29 Å². The summed E-state index contributed by atoms with van der Waals surface area (Å²) in [5, 5.41) is 0. The summed E-state index contributed by atoms with van der Waals surface area (Å²) in [6.45, 7) is 2.24. The maximum absolute atomic E-state index is 9.98. The van der Waals surface area contributed by atoms with Gasteiger partial charge in [0, 0.05) is 6.42 Å². The van der Waals surface area contributed by atoms with E-state index in [1.54, 1.807) is 0 Å². The van der Waals surface area contributed by atoms with E-state index in [2.05, 4.69) is 43.4 Å². The van der Waals surface area contributed by atoms with Crippen LogP contribution in [0.2, 0.25) is 0 Å². The zero-order chi connectivity index (χ0) is 14.0. The van der Waals surface area contributed by atoms with Crippen LogP contribution in [0.3, 0.4) is 0 Å². The first-order chi connectivity index (χ1) is 9.41. The van der Waals surface area contributed by atoms with Crippen LogP contribution >= 0.6 is 0 Å². The number of hydrogen-bond donors (Lipinski definition) is 0. The molecule has 0 saturated heterocycles. The molecule has 0 unspecified atom stereocenters. The van der Waals surface area contributed by atoms with Crippen molar-refractivity contribution in [2.75, 3.05) is 0 Å². The van der Waals surface area contributed by atoms with Crippen molar-refractivity contribution >= 4 is 6.29 Å². The van der Waals surface area contributed by atoms with Crippen molar-refractivity contribution in [1.82, 2.24) is 0 Å². The largest absolute Gasteiger partial charge is 0.291 e. The zero-order valence-electron chi connectivity index (χ0n) is 12.4. The third-order valence-corrected chi connectivity index (χ3v) is 2.92. The Morgan fingerprint density at radius 1 is 0.737 bits per heavy atom. The van der Waals surface area contributed by atoms with Gasteiger partial charge in [0.1, 0.15) is 0 Å². The molecule has 0 heterocycles. The number of allylic oxidation sites excluding steroid dienone is 6. The van der Waals surface area contributed by atoms with Gasteiger partial charge in [-0.05, 0) is 44.9 Å². The average molecular weight is 261 g/mol. The standard InChI is InChI=1S/C18H29O/c1-2-3-4-5-6-7-8-9-10-11-12-13-14-15-16-17-18-19/h6-7,9-10,12-13H,2-5,8,11,14-17H2,1H3/b7-6-,10-9-,13-12-. The van der Waals surface area contributed by atoms with Crippen molar-refractivity contribution in [1.29, 1.82) is 0 Å². The van der Waals surface area contributed by atoms with Gasteiger partial charge in [-0.25, -0.2) is 0 Å². The second-order valence-corrected chi connectivity index (χ2v) is 4.77. The lowest BCUT2D eigenvalue weighted by Gasteiger charge is -1.91. The van der Waals surface area contributed by atoms with E-state index in [-0.39, 0.29) is 0 Å². The van der Waals surface area contributed by atoms with Gasteiger partial charge in [0.05, 0.1) is 0 Å². The van der Waals surface area contributed by atoms with Gasteiger partial charge in [0.2, 0.25) is 0 Å². The minimum Gasteiger partial charge on any atom is -0.291 e. The molecule has 0 aromatic carbocycles. The molecule has 0 aliphatic rings. The first kappa shape index (κ1) is 17.9. The van der Waals surface area contributed by atoms with Gasteiger partial charge in [0.25, 0.3) is 0 Å². The van der Waals surface area contributed by atoms with E-state index < -0.39 is 0 Å². The fourth-order valence-corrected chi connectivity index (χ4v) is 1.75. The van der Waals surface area contributed by atoms with Crippen LogP contribution in [0.15, 0.2) is 36.5 Å². The first-order valence-electron chi connectivity index (χ1n) is 7.71. The molecule has 0 atom stereocenters. The summed E-state index contributed by atoms with van der Waals surface area (Å²) < 4.78 is 0. The number of unbranched alkanes of at least 4 members (excludes halogenated alkanes) is 6. The van der Waals surface area contributed by atoms with Gasteiger partial charge in [-0.15, -0.1) is 0 Å². The summed E-state index contributed by atoms with van der Waals surface area (Å²) >= 11 is 0. The molecule has 0 fully saturated rings. The predicted octanol–water partition coefficient (Wildman–Crippen LogP) is 5.69. The molecule has 0 aromatic rings. The third-order valence-electron chi connectivity index (χ3n) is 2.92. The van der Waals surface area contributed by atoms with Crippen molar-refractivity contribution < 1.29 is 4.79 Å². The number of carbonyl (C=O) groups excluding carboxylic acids is 1. The number of hydrogen-bond acceptors (Lipinski definition) is 1. The van der Waals surface area contributed by atoms with Gasteiger partial charge < -0.3 is 0 Å². The topological polar surface area (TPSA) is 17.1 Å². The lowest BCUT2D eigenvalue weighted by atomic mass is 10.2. The molecule has 1 radical (unpaired) electrons. The summed E-state index contributed by atoms with van der Waals surface area (Å²) in [4.78, 5) is 9.98. The third kappa shape index (κ3) is 16.9. The van der Waals surface area contributed by atoms with Crippen molar-refractivity contribution in [2.24, 2.45) is 0 Å². The Morgan fingerprint density at radius 3 is 1.79 bits per heavy atom. The van der Waals surface area contributed by atoms with Crippen LogP contribution in [-0.2, 0) is 4.79 Å². The average Bonchev–Trinajstić information content (AvgIpc) is 2.43. The first-order valence-corrected chi connectivity index (χ1v) is 7.71. The van der Waals surface area contributed by atoms with Crippen LogP contribution in [0, 0.1) is 0 Å². The summed E-state index contributed by atoms with van der Waals surface area (Å²) in [5.74, 6) is 0. The molecule has 0 bridgehead atoms. The molecule has 0 aliphatic carbocycles. The maximum atomic E-state index is 9.98. The second kappa shape index (κ2) is 16.9. The predicted molar refractivity (Wildman–Crippen MR) is 85.0 cm³/mol. The molecule has 1 nitrogen and oxygen atoms in total. The lowest BCUT2D eigenvalue weighted by molar-refractivity contribution is 0.547. The molecule has 0 spiro atoms. The SMILES string of the molecule is CCCCC/C=C\C/C=C\C/C=C\CCCC[C]=O. The maximum Gasteiger partial charge on any atom is 0.198 e. The second-order valence-electron chi connectivity index (χ2n) is 4.77. The van der Waals surface area contributed by atoms with E-state index in [1.165, 1.54) is 25.7 Å². The molecule has 0 amide bonds. The highest BCUT2D eigenvalue weighted by molar-refractivity contribution is 5.50. The van der Waals surface area contributed by atoms with Gasteiger partial charge >= 0.3 is 0 Å². The Bertz CT molecular complexity index is 261. The van der Waals surface area contributed by atoms with Crippen LogP contribution in [-0.4, -0.2) is 6.29 Å². The Kier molecular flexibility index (Phi) is 15.9. The fraction of sp³-hybridized carbons (Fsp3) is 0.611. The van der Waals surface area contributed by atoms with E-state index >= 15 is 0 Å². The highest BCUT2D eigenvalue weighted by atomic mass is 16.1. The molecule has 1 heteroatoms. The van der Waals surface area contributed by atoms with E-state index in [9.17, 15) is 4.79 Å². The van der Waals surface area contributed by atoms with E-state index in [4.69, 9.17) is 0 Å². The van der Waals surface area contributed by atoms with Crippen molar-refractivity contribution in [2.45, 2.75) is 71.1 Å². The van der Waals surface area contributed by atoms with Crippen LogP contribution in [0.1, 0.15) is 71.1 Å². The minimum atomic E-state index is 0.582. The Labute approximate surface area is 119 Å². The molecule has 0 saturated carbocycles. The Hall–Kier alpha value is -1.11. The molecule has 107 valence electrons. The van der Waals surface area contributed by atoms with Crippen LogP contribution < -0.4 is 0 Å². The van der Waals surface area contributed by atoms with Crippen LogP contribution in [0.4, 0.5) is 0 Å².